The first-order valence-corrected chi connectivity index (χ1v) is 10.7. The molecule has 1 amide bonds. The van der Waals surface area contributed by atoms with Gasteiger partial charge < -0.3 is 10.2 Å². The van der Waals surface area contributed by atoms with Crippen LogP contribution >= 0.6 is 11.6 Å². The van der Waals surface area contributed by atoms with Gasteiger partial charge in [-0.05, 0) is 44.1 Å². The minimum absolute atomic E-state index is 0.115. The Hall–Kier alpha value is -1.31. The van der Waals surface area contributed by atoms with Gasteiger partial charge in [0.25, 0.3) is 5.91 Å². The van der Waals surface area contributed by atoms with Gasteiger partial charge in [0.05, 0.1) is 16.5 Å². The second kappa shape index (κ2) is 8.87. The van der Waals surface area contributed by atoms with E-state index >= 15 is 0 Å². The number of carbonyl (C=O) groups excluding carboxylic acids is 1. The molecule has 8 heteroatoms. The van der Waals surface area contributed by atoms with Crippen LogP contribution in [-0.4, -0.2) is 57.7 Å². The van der Waals surface area contributed by atoms with E-state index in [-0.39, 0.29) is 11.7 Å². The summed E-state index contributed by atoms with van der Waals surface area (Å²) >= 11 is 6.20. The zero-order valence-corrected chi connectivity index (χ0v) is 16.4. The molecule has 140 valence electrons. The lowest BCUT2D eigenvalue weighted by atomic mass is 10.1. The Morgan fingerprint density at radius 3 is 2.64 bits per heavy atom. The molecule has 0 bridgehead atoms. The molecule has 1 fully saturated rings. The van der Waals surface area contributed by atoms with E-state index in [2.05, 4.69) is 24.1 Å². The first-order valence-electron chi connectivity index (χ1n) is 8.69. The summed E-state index contributed by atoms with van der Waals surface area (Å²) in [4.78, 5) is 14.6. The van der Waals surface area contributed by atoms with Crippen molar-refractivity contribution in [3.05, 3.63) is 28.8 Å². The van der Waals surface area contributed by atoms with E-state index in [9.17, 15) is 13.2 Å². The van der Waals surface area contributed by atoms with E-state index in [0.29, 0.717) is 35.8 Å². The van der Waals surface area contributed by atoms with Crippen molar-refractivity contribution in [2.24, 2.45) is 0 Å². The molecule has 1 aromatic carbocycles. The molecule has 1 aliphatic heterocycles. The number of carbonyl (C=O) groups is 1. The Balaban J connectivity index is 2.11. The van der Waals surface area contributed by atoms with Gasteiger partial charge in [-0.1, -0.05) is 25.4 Å². The Kier molecular flexibility index (Phi) is 7.10. The van der Waals surface area contributed by atoms with Gasteiger partial charge >= 0.3 is 0 Å². The lowest BCUT2D eigenvalue weighted by Crippen LogP contribution is -2.38. The molecule has 2 rings (SSSR count). The smallest absolute Gasteiger partial charge is 0.251 e. The molecular weight excluding hydrogens is 362 g/mol. The van der Waals surface area contributed by atoms with E-state index in [0.717, 1.165) is 26.1 Å². The summed E-state index contributed by atoms with van der Waals surface area (Å²) in [5.41, 5.74) is 0.803. The van der Waals surface area contributed by atoms with Gasteiger partial charge in [0.15, 0.2) is 0 Å². The lowest BCUT2D eigenvalue weighted by molar-refractivity contribution is 0.0949. The van der Waals surface area contributed by atoms with E-state index in [1.165, 1.54) is 4.31 Å². The summed E-state index contributed by atoms with van der Waals surface area (Å²) in [6, 6.07) is 4.77. The second-order valence-electron chi connectivity index (χ2n) is 6.04. The number of anilines is 1. The van der Waals surface area contributed by atoms with Crippen molar-refractivity contribution < 1.29 is 13.2 Å². The molecule has 0 saturated carbocycles. The molecule has 6 nitrogen and oxygen atoms in total. The highest BCUT2D eigenvalue weighted by atomic mass is 35.5. The van der Waals surface area contributed by atoms with Gasteiger partial charge in [0.1, 0.15) is 0 Å². The third-order valence-corrected chi connectivity index (χ3v) is 6.61. The summed E-state index contributed by atoms with van der Waals surface area (Å²) in [5, 5.41) is 3.21. The standard InChI is InChI=1S/C17H26ClN3O3S/c1-3-20(4-2)11-9-19-17(22)14-7-8-15(18)16(13-14)21-10-5-6-12-25(21,23)24/h7-8,13H,3-6,9-12H2,1-2H3,(H,19,22). The highest BCUT2D eigenvalue weighted by molar-refractivity contribution is 7.92. The topological polar surface area (TPSA) is 69.7 Å². The Labute approximate surface area is 155 Å². The van der Waals surface area contributed by atoms with Gasteiger partial charge in [-0.25, -0.2) is 8.42 Å². The van der Waals surface area contributed by atoms with E-state index in [1.807, 2.05) is 0 Å². The monoisotopic (exact) mass is 387 g/mol. The molecule has 0 unspecified atom stereocenters. The average molecular weight is 388 g/mol. The van der Waals surface area contributed by atoms with E-state index in [4.69, 9.17) is 11.6 Å². The molecule has 0 radical (unpaired) electrons. The predicted molar refractivity (Wildman–Crippen MR) is 102 cm³/mol. The number of likely N-dealkylation sites (N-methyl/N-ethyl adjacent to an activating group) is 1. The average Bonchev–Trinajstić information content (AvgIpc) is 2.59. The van der Waals surface area contributed by atoms with E-state index < -0.39 is 10.0 Å². The molecular formula is C17H26ClN3O3S. The van der Waals surface area contributed by atoms with Crippen molar-refractivity contribution in [1.82, 2.24) is 10.2 Å². The zero-order chi connectivity index (χ0) is 18.4. The quantitative estimate of drug-likeness (QED) is 0.779. The fourth-order valence-electron chi connectivity index (χ4n) is 2.87. The maximum absolute atomic E-state index is 12.4. The fraction of sp³-hybridized carbons (Fsp3) is 0.588. The number of nitrogens with zero attached hydrogens (tertiary/aromatic N) is 2. The Bertz CT molecular complexity index is 705. The number of amides is 1. The summed E-state index contributed by atoms with van der Waals surface area (Å²) in [5.74, 6) is -0.108. The number of hydrogen-bond acceptors (Lipinski definition) is 4. The molecule has 1 saturated heterocycles. The van der Waals surface area contributed by atoms with Crippen LogP contribution in [0, 0.1) is 0 Å². The minimum atomic E-state index is -3.37. The summed E-state index contributed by atoms with van der Waals surface area (Å²) in [6.07, 6.45) is 1.44. The first-order chi connectivity index (χ1) is 11.9. The van der Waals surface area contributed by atoms with Gasteiger partial charge in [-0.3, -0.25) is 9.10 Å². The molecule has 25 heavy (non-hydrogen) atoms. The van der Waals surface area contributed by atoms with Gasteiger partial charge in [-0.15, -0.1) is 0 Å². The first kappa shape index (κ1) is 20.0. The van der Waals surface area contributed by atoms with E-state index in [1.54, 1.807) is 18.2 Å². The number of hydrogen-bond donors (Lipinski definition) is 1. The van der Waals surface area contributed by atoms with Crippen LogP contribution in [0.3, 0.4) is 0 Å². The summed E-state index contributed by atoms with van der Waals surface area (Å²) in [7, 11) is -3.37. The molecule has 1 aromatic rings. The number of sulfonamides is 1. The largest absolute Gasteiger partial charge is 0.351 e. The van der Waals surface area contributed by atoms with Crippen LogP contribution in [0.1, 0.15) is 37.0 Å². The van der Waals surface area contributed by atoms with Crippen LogP contribution in [0.5, 0.6) is 0 Å². The number of benzene rings is 1. The third kappa shape index (κ3) is 5.09. The molecule has 1 aliphatic rings. The molecule has 1 heterocycles. The maximum atomic E-state index is 12.4. The second-order valence-corrected chi connectivity index (χ2v) is 8.46. The predicted octanol–water partition coefficient (Wildman–Crippen LogP) is 2.34. The number of rotatable bonds is 7. The molecule has 0 aliphatic carbocycles. The lowest BCUT2D eigenvalue weighted by Gasteiger charge is -2.29. The third-order valence-electron chi connectivity index (χ3n) is 4.43. The molecule has 0 aromatic heterocycles. The minimum Gasteiger partial charge on any atom is -0.351 e. The van der Waals surface area contributed by atoms with Crippen LogP contribution in [0.25, 0.3) is 0 Å². The molecule has 0 atom stereocenters. The fourth-order valence-corrected chi connectivity index (χ4v) is 4.79. The molecule has 0 spiro atoms. The van der Waals surface area contributed by atoms with Crippen molar-refractivity contribution >= 4 is 33.2 Å². The van der Waals surface area contributed by atoms with Crippen molar-refractivity contribution in [1.29, 1.82) is 0 Å². The van der Waals surface area contributed by atoms with Gasteiger partial charge in [0.2, 0.25) is 10.0 Å². The maximum Gasteiger partial charge on any atom is 0.251 e. The number of nitrogens with one attached hydrogen (secondary N) is 1. The van der Waals surface area contributed by atoms with Crippen molar-refractivity contribution in [3.63, 3.8) is 0 Å². The van der Waals surface area contributed by atoms with Crippen LogP contribution in [-0.2, 0) is 10.0 Å². The summed E-state index contributed by atoms with van der Waals surface area (Å²) in [6.45, 7) is 7.75. The van der Waals surface area contributed by atoms with Gasteiger partial charge in [-0.2, -0.15) is 0 Å². The zero-order valence-electron chi connectivity index (χ0n) is 14.8. The van der Waals surface area contributed by atoms with Crippen LogP contribution < -0.4 is 9.62 Å². The van der Waals surface area contributed by atoms with Crippen LogP contribution in [0.15, 0.2) is 18.2 Å². The highest BCUT2D eigenvalue weighted by Crippen LogP contribution is 2.31. The van der Waals surface area contributed by atoms with Gasteiger partial charge in [0, 0.05) is 25.2 Å². The molecule has 1 N–H and O–H groups in total. The summed E-state index contributed by atoms with van der Waals surface area (Å²) < 4.78 is 25.9. The van der Waals surface area contributed by atoms with Crippen molar-refractivity contribution in [2.75, 3.05) is 42.8 Å². The Morgan fingerprint density at radius 1 is 1.28 bits per heavy atom. The van der Waals surface area contributed by atoms with Crippen LogP contribution in [0.2, 0.25) is 5.02 Å². The SMILES string of the molecule is CCN(CC)CCNC(=O)c1ccc(Cl)c(N2CCCCS2(=O)=O)c1. The number of halogens is 1. The van der Waals surface area contributed by atoms with Crippen molar-refractivity contribution in [2.45, 2.75) is 26.7 Å². The highest BCUT2D eigenvalue weighted by Gasteiger charge is 2.28. The van der Waals surface area contributed by atoms with Crippen LogP contribution in [0.4, 0.5) is 5.69 Å². The van der Waals surface area contributed by atoms with Crippen molar-refractivity contribution in [3.8, 4) is 0 Å². The normalized spacial score (nSPS) is 16.9. The Morgan fingerprint density at radius 2 is 2.00 bits per heavy atom.